The molecule has 20 heavy (non-hydrogen) atoms. The van der Waals surface area contributed by atoms with Gasteiger partial charge in [-0.25, -0.2) is 0 Å². The smallest absolute Gasteiger partial charge is 0.138 e. The van der Waals surface area contributed by atoms with Crippen LogP contribution in [0.1, 0.15) is 35.7 Å². The maximum absolute atomic E-state index is 5.86. The molecular weight excluding hydrogens is 252 g/mol. The van der Waals surface area contributed by atoms with Gasteiger partial charge in [-0.05, 0) is 32.9 Å². The Hall–Kier alpha value is -2.07. The van der Waals surface area contributed by atoms with Gasteiger partial charge in [0, 0.05) is 17.5 Å². The van der Waals surface area contributed by atoms with Gasteiger partial charge in [0.25, 0.3) is 0 Å². The number of nitrogens with one attached hydrogen (secondary N) is 1. The molecule has 0 amide bonds. The zero-order chi connectivity index (χ0) is 14.1. The third kappa shape index (κ3) is 2.34. The molecule has 0 radical (unpaired) electrons. The van der Waals surface area contributed by atoms with Crippen LogP contribution in [0.15, 0.2) is 39.3 Å². The minimum absolute atomic E-state index is 0.135. The number of fused-ring (bicyclic) bond motifs is 1. The molecule has 1 unspecified atom stereocenters. The first kappa shape index (κ1) is 12.9. The highest BCUT2D eigenvalue weighted by atomic mass is 16.5. The van der Waals surface area contributed by atoms with Gasteiger partial charge in [0.15, 0.2) is 0 Å². The van der Waals surface area contributed by atoms with Crippen LogP contribution in [-0.4, -0.2) is 5.16 Å². The van der Waals surface area contributed by atoms with Gasteiger partial charge in [-0.3, -0.25) is 0 Å². The number of benzene rings is 1. The van der Waals surface area contributed by atoms with Crippen molar-refractivity contribution in [3.05, 3.63) is 53.1 Å². The summed E-state index contributed by atoms with van der Waals surface area (Å²) in [5.41, 5.74) is 2.98. The summed E-state index contributed by atoms with van der Waals surface area (Å²) in [5.74, 6) is 1.81. The van der Waals surface area contributed by atoms with Crippen LogP contribution in [0.2, 0.25) is 0 Å². The van der Waals surface area contributed by atoms with Crippen molar-refractivity contribution in [1.82, 2.24) is 10.5 Å². The quantitative estimate of drug-likeness (QED) is 0.781. The summed E-state index contributed by atoms with van der Waals surface area (Å²) < 4.78 is 11.0. The SMILES string of the molecule is Cc1noc(C)c1CNC(C)c1cc2ccccc2o1. The van der Waals surface area contributed by atoms with Crippen LogP contribution in [0.25, 0.3) is 11.0 Å². The molecule has 0 aliphatic rings. The fraction of sp³-hybridized carbons (Fsp3) is 0.312. The van der Waals surface area contributed by atoms with Crippen molar-refractivity contribution in [3.63, 3.8) is 0 Å². The molecule has 1 aromatic carbocycles. The van der Waals surface area contributed by atoms with E-state index in [9.17, 15) is 0 Å². The molecule has 104 valence electrons. The number of hydrogen-bond acceptors (Lipinski definition) is 4. The maximum Gasteiger partial charge on any atom is 0.138 e. The molecule has 2 aromatic heterocycles. The molecule has 4 heteroatoms. The van der Waals surface area contributed by atoms with E-state index in [0.29, 0.717) is 0 Å². The number of rotatable bonds is 4. The van der Waals surface area contributed by atoms with Gasteiger partial charge in [0.05, 0.1) is 11.7 Å². The van der Waals surface area contributed by atoms with E-state index in [1.165, 1.54) is 0 Å². The molecule has 0 fully saturated rings. The van der Waals surface area contributed by atoms with Crippen LogP contribution in [0.3, 0.4) is 0 Å². The predicted octanol–water partition coefficient (Wildman–Crippen LogP) is 3.89. The molecule has 0 aliphatic carbocycles. The van der Waals surface area contributed by atoms with E-state index in [0.717, 1.165) is 40.3 Å². The normalized spacial score (nSPS) is 12.9. The lowest BCUT2D eigenvalue weighted by Crippen LogP contribution is -2.18. The van der Waals surface area contributed by atoms with Crippen molar-refractivity contribution in [2.75, 3.05) is 0 Å². The Balaban J connectivity index is 1.74. The predicted molar refractivity (Wildman–Crippen MR) is 77.4 cm³/mol. The van der Waals surface area contributed by atoms with Crippen molar-refractivity contribution in [2.24, 2.45) is 0 Å². The first-order valence-electron chi connectivity index (χ1n) is 6.79. The minimum Gasteiger partial charge on any atom is -0.459 e. The van der Waals surface area contributed by atoms with Crippen LogP contribution < -0.4 is 5.32 Å². The highest BCUT2D eigenvalue weighted by Crippen LogP contribution is 2.24. The third-order valence-corrected chi connectivity index (χ3v) is 3.64. The molecule has 1 N–H and O–H groups in total. The molecule has 0 bridgehead atoms. The van der Waals surface area contributed by atoms with Crippen LogP contribution in [0.4, 0.5) is 0 Å². The molecule has 2 heterocycles. The summed E-state index contributed by atoms with van der Waals surface area (Å²) in [6, 6.07) is 10.3. The van der Waals surface area contributed by atoms with Crippen molar-refractivity contribution < 1.29 is 8.94 Å². The number of para-hydroxylation sites is 1. The van der Waals surface area contributed by atoms with Crippen LogP contribution >= 0.6 is 0 Å². The summed E-state index contributed by atoms with van der Waals surface area (Å²) in [6.45, 7) is 6.71. The van der Waals surface area contributed by atoms with Crippen LogP contribution in [-0.2, 0) is 6.54 Å². The average Bonchev–Trinajstić information content (AvgIpc) is 3.01. The summed E-state index contributed by atoms with van der Waals surface area (Å²) >= 11 is 0. The maximum atomic E-state index is 5.86. The molecule has 0 spiro atoms. The zero-order valence-corrected chi connectivity index (χ0v) is 11.9. The Labute approximate surface area is 117 Å². The third-order valence-electron chi connectivity index (χ3n) is 3.64. The van der Waals surface area contributed by atoms with Gasteiger partial charge in [-0.1, -0.05) is 23.4 Å². The fourth-order valence-electron chi connectivity index (χ4n) is 2.33. The van der Waals surface area contributed by atoms with Crippen molar-refractivity contribution >= 4 is 11.0 Å². The molecule has 0 aliphatic heterocycles. The molecule has 1 atom stereocenters. The minimum atomic E-state index is 0.135. The average molecular weight is 270 g/mol. The van der Waals surface area contributed by atoms with E-state index >= 15 is 0 Å². The van der Waals surface area contributed by atoms with Crippen LogP contribution in [0, 0.1) is 13.8 Å². The summed E-state index contributed by atoms with van der Waals surface area (Å²) in [7, 11) is 0. The summed E-state index contributed by atoms with van der Waals surface area (Å²) in [4.78, 5) is 0. The van der Waals surface area contributed by atoms with Gasteiger partial charge in [0.2, 0.25) is 0 Å². The summed E-state index contributed by atoms with van der Waals surface area (Å²) in [6.07, 6.45) is 0. The fourth-order valence-corrected chi connectivity index (χ4v) is 2.33. The van der Waals surface area contributed by atoms with Gasteiger partial charge < -0.3 is 14.3 Å². The van der Waals surface area contributed by atoms with Gasteiger partial charge in [-0.15, -0.1) is 0 Å². The van der Waals surface area contributed by atoms with E-state index in [-0.39, 0.29) is 6.04 Å². The zero-order valence-electron chi connectivity index (χ0n) is 11.9. The van der Waals surface area contributed by atoms with E-state index in [4.69, 9.17) is 8.94 Å². The van der Waals surface area contributed by atoms with Gasteiger partial charge >= 0.3 is 0 Å². The topological polar surface area (TPSA) is 51.2 Å². The lowest BCUT2D eigenvalue weighted by Gasteiger charge is -2.10. The molecule has 0 saturated carbocycles. The van der Waals surface area contributed by atoms with E-state index in [2.05, 4.69) is 29.5 Å². The molecule has 3 rings (SSSR count). The Morgan fingerprint density at radius 1 is 1.25 bits per heavy atom. The number of furan rings is 1. The van der Waals surface area contributed by atoms with E-state index in [1.54, 1.807) is 0 Å². The second-order valence-electron chi connectivity index (χ2n) is 5.09. The van der Waals surface area contributed by atoms with Crippen LogP contribution in [0.5, 0.6) is 0 Å². The van der Waals surface area contributed by atoms with E-state index < -0.39 is 0 Å². The standard InChI is InChI=1S/C16H18N2O2/c1-10-14(12(3)20-18-10)9-17-11(2)16-8-13-6-4-5-7-15(13)19-16/h4-8,11,17H,9H2,1-3H3. The molecule has 4 nitrogen and oxygen atoms in total. The number of hydrogen-bond donors (Lipinski definition) is 1. The van der Waals surface area contributed by atoms with Crippen molar-refractivity contribution in [3.8, 4) is 0 Å². The first-order chi connectivity index (χ1) is 9.65. The van der Waals surface area contributed by atoms with Gasteiger partial charge in [-0.2, -0.15) is 0 Å². The molecule has 0 saturated heterocycles. The Morgan fingerprint density at radius 2 is 2.05 bits per heavy atom. The molecule has 3 aromatic rings. The first-order valence-corrected chi connectivity index (χ1v) is 6.79. The largest absolute Gasteiger partial charge is 0.459 e. The lowest BCUT2D eigenvalue weighted by molar-refractivity contribution is 0.391. The second-order valence-corrected chi connectivity index (χ2v) is 5.09. The van der Waals surface area contributed by atoms with Crippen molar-refractivity contribution in [1.29, 1.82) is 0 Å². The lowest BCUT2D eigenvalue weighted by atomic mass is 10.1. The highest BCUT2D eigenvalue weighted by molar-refractivity contribution is 5.77. The van der Waals surface area contributed by atoms with Gasteiger partial charge in [0.1, 0.15) is 17.1 Å². The number of aromatic nitrogens is 1. The molecular formula is C16H18N2O2. The number of aryl methyl sites for hydroxylation is 2. The second kappa shape index (κ2) is 5.13. The highest BCUT2D eigenvalue weighted by Gasteiger charge is 2.14. The Bertz CT molecular complexity index is 674. The number of nitrogens with zero attached hydrogens (tertiary/aromatic N) is 1. The van der Waals surface area contributed by atoms with Crippen molar-refractivity contribution in [2.45, 2.75) is 33.4 Å². The summed E-state index contributed by atoms with van der Waals surface area (Å²) in [5, 5.41) is 8.55. The Kier molecular flexibility index (Phi) is 3.32. The monoisotopic (exact) mass is 270 g/mol. The Morgan fingerprint density at radius 3 is 2.75 bits per heavy atom. The van der Waals surface area contributed by atoms with E-state index in [1.807, 2.05) is 32.0 Å².